The maximum absolute atomic E-state index is 14.0. The zero-order chi connectivity index (χ0) is 28.6. The molecule has 0 saturated carbocycles. The highest BCUT2D eigenvalue weighted by Gasteiger charge is 2.32. The van der Waals surface area contributed by atoms with Crippen molar-refractivity contribution in [3.63, 3.8) is 0 Å². The van der Waals surface area contributed by atoms with Crippen LogP contribution in [0.15, 0.2) is 77.3 Å². The van der Waals surface area contributed by atoms with Crippen LogP contribution >= 0.6 is 15.9 Å². The van der Waals surface area contributed by atoms with Crippen LogP contribution < -0.4 is 19.1 Å². The molecule has 208 valence electrons. The van der Waals surface area contributed by atoms with Gasteiger partial charge in [-0.25, -0.2) is 8.42 Å². The Kier molecular flexibility index (Phi) is 10.4. The molecule has 0 aliphatic heterocycles. The highest BCUT2D eigenvalue weighted by atomic mass is 79.9. The monoisotopic (exact) mass is 617 g/mol. The van der Waals surface area contributed by atoms with Gasteiger partial charge >= 0.3 is 0 Å². The standard InChI is InChI=1S/C28H32BrN3O6S/c1-30-28(34)24(16-20-9-6-5-7-10-20)31(18-21-11-8-12-22(29)15-21)27(33)19-32(39(4,35)36)23-13-14-25(37-2)26(17-23)38-3/h5-15,17,24H,16,18-19H2,1-4H3,(H,30,34). The minimum atomic E-state index is -3.90. The molecular weight excluding hydrogens is 586 g/mol. The number of hydrogen-bond donors (Lipinski definition) is 1. The van der Waals surface area contributed by atoms with E-state index >= 15 is 0 Å². The van der Waals surface area contributed by atoms with E-state index in [1.807, 2.05) is 54.6 Å². The topological polar surface area (TPSA) is 105 Å². The molecule has 1 atom stereocenters. The average Bonchev–Trinajstić information content (AvgIpc) is 2.92. The summed E-state index contributed by atoms with van der Waals surface area (Å²) in [5.74, 6) is -0.173. The first-order valence-electron chi connectivity index (χ1n) is 12.1. The number of benzene rings is 3. The van der Waals surface area contributed by atoms with Crippen molar-refractivity contribution in [3.8, 4) is 11.5 Å². The van der Waals surface area contributed by atoms with Gasteiger partial charge in [-0.15, -0.1) is 0 Å². The van der Waals surface area contributed by atoms with E-state index in [0.29, 0.717) is 11.5 Å². The molecule has 0 radical (unpaired) electrons. The number of hydrogen-bond acceptors (Lipinski definition) is 6. The number of carbonyl (C=O) groups is 2. The lowest BCUT2D eigenvalue weighted by Crippen LogP contribution is -2.52. The Morgan fingerprint density at radius 3 is 2.18 bits per heavy atom. The van der Waals surface area contributed by atoms with Gasteiger partial charge in [0.1, 0.15) is 12.6 Å². The van der Waals surface area contributed by atoms with Crippen LogP contribution in [0.25, 0.3) is 0 Å². The van der Waals surface area contributed by atoms with Crippen LogP contribution in [-0.4, -0.2) is 65.2 Å². The molecule has 0 saturated heterocycles. The predicted octanol–water partition coefficient (Wildman–Crippen LogP) is 3.62. The fourth-order valence-corrected chi connectivity index (χ4v) is 5.43. The normalized spacial score (nSPS) is 11.8. The lowest BCUT2D eigenvalue weighted by Gasteiger charge is -2.33. The number of rotatable bonds is 12. The second-order valence-corrected chi connectivity index (χ2v) is 11.6. The number of ether oxygens (including phenoxy) is 2. The van der Waals surface area contributed by atoms with Crippen molar-refractivity contribution in [2.75, 3.05) is 38.4 Å². The van der Waals surface area contributed by atoms with Crippen LogP contribution in [0.4, 0.5) is 5.69 Å². The molecule has 2 amide bonds. The van der Waals surface area contributed by atoms with Crippen molar-refractivity contribution in [2.45, 2.75) is 19.0 Å². The third-order valence-corrected chi connectivity index (χ3v) is 7.73. The summed E-state index contributed by atoms with van der Waals surface area (Å²) >= 11 is 3.45. The molecule has 39 heavy (non-hydrogen) atoms. The molecule has 0 aliphatic carbocycles. The van der Waals surface area contributed by atoms with Crippen molar-refractivity contribution in [1.82, 2.24) is 10.2 Å². The molecule has 9 nitrogen and oxygen atoms in total. The largest absolute Gasteiger partial charge is 0.493 e. The molecule has 3 aromatic rings. The number of halogens is 1. The minimum Gasteiger partial charge on any atom is -0.493 e. The SMILES string of the molecule is CNC(=O)C(Cc1ccccc1)N(Cc1cccc(Br)c1)C(=O)CN(c1ccc(OC)c(OC)c1)S(C)(=O)=O. The fourth-order valence-electron chi connectivity index (χ4n) is 4.15. The van der Waals surface area contributed by atoms with E-state index < -0.39 is 28.5 Å². The Bertz CT molecular complexity index is 1400. The zero-order valence-corrected chi connectivity index (χ0v) is 24.7. The van der Waals surface area contributed by atoms with Crippen molar-refractivity contribution in [3.05, 3.63) is 88.4 Å². The number of carbonyl (C=O) groups excluding carboxylic acids is 2. The second-order valence-electron chi connectivity index (χ2n) is 8.78. The summed E-state index contributed by atoms with van der Waals surface area (Å²) < 4.78 is 38.2. The van der Waals surface area contributed by atoms with E-state index in [0.717, 1.165) is 26.2 Å². The Labute approximate surface area is 237 Å². The number of sulfonamides is 1. The number of anilines is 1. The number of nitrogens with one attached hydrogen (secondary N) is 1. The molecule has 0 aliphatic rings. The third kappa shape index (κ3) is 7.96. The van der Waals surface area contributed by atoms with Gasteiger partial charge in [0.05, 0.1) is 26.2 Å². The molecule has 0 spiro atoms. The number of methoxy groups -OCH3 is 2. The second kappa shape index (κ2) is 13.5. The molecular formula is C28H32BrN3O6S. The van der Waals surface area contributed by atoms with Crippen molar-refractivity contribution < 1.29 is 27.5 Å². The van der Waals surface area contributed by atoms with Crippen LogP contribution in [0.2, 0.25) is 0 Å². The molecule has 0 aromatic heterocycles. The summed E-state index contributed by atoms with van der Waals surface area (Å²) in [6, 6.07) is 20.4. The Morgan fingerprint density at radius 2 is 1.59 bits per heavy atom. The van der Waals surface area contributed by atoms with Crippen LogP contribution in [0.5, 0.6) is 11.5 Å². The molecule has 1 unspecified atom stereocenters. The van der Waals surface area contributed by atoms with Gasteiger partial charge in [0.15, 0.2) is 11.5 Å². The van der Waals surface area contributed by atoms with E-state index in [1.54, 1.807) is 6.07 Å². The zero-order valence-electron chi connectivity index (χ0n) is 22.3. The first-order chi connectivity index (χ1) is 18.6. The molecule has 0 heterocycles. The van der Waals surface area contributed by atoms with Gasteiger partial charge in [0.25, 0.3) is 0 Å². The molecule has 3 aromatic carbocycles. The first-order valence-corrected chi connectivity index (χ1v) is 14.7. The van der Waals surface area contributed by atoms with Gasteiger partial charge in [-0.1, -0.05) is 58.4 Å². The number of nitrogens with zero attached hydrogens (tertiary/aromatic N) is 2. The Morgan fingerprint density at radius 1 is 0.923 bits per heavy atom. The van der Waals surface area contributed by atoms with E-state index in [1.165, 1.54) is 38.3 Å². The third-order valence-electron chi connectivity index (χ3n) is 6.09. The summed E-state index contributed by atoms with van der Waals surface area (Å²) in [7, 11) is 0.521. The lowest BCUT2D eigenvalue weighted by atomic mass is 10.0. The van der Waals surface area contributed by atoms with Gasteiger partial charge in [0.2, 0.25) is 21.8 Å². The maximum Gasteiger partial charge on any atom is 0.244 e. The van der Waals surface area contributed by atoms with E-state index in [-0.39, 0.29) is 24.6 Å². The molecule has 0 fully saturated rings. The van der Waals surface area contributed by atoms with Gasteiger partial charge in [0, 0.05) is 30.6 Å². The van der Waals surface area contributed by atoms with Crippen LogP contribution in [0.1, 0.15) is 11.1 Å². The summed E-state index contributed by atoms with van der Waals surface area (Å²) in [5.41, 5.74) is 1.86. The Balaban J connectivity index is 2.05. The summed E-state index contributed by atoms with van der Waals surface area (Å²) in [4.78, 5) is 28.5. The van der Waals surface area contributed by atoms with Gasteiger partial charge in [-0.3, -0.25) is 13.9 Å². The van der Waals surface area contributed by atoms with Crippen LogP contribution in [-0.2, 0) is 32.6 Å². The molecule has 3 rings (SSSR count). The van der Waals surface area contributed by atoms with Crippen molar-refractivity contribution in [2.24, 2.45) is 0 Å². The van der Waals surface area contributed by atoms with Gasteiger partial charge < -0.3 is 19.7 Å². The van der Waals surface area contributed by atoms with E-state index in [2.05, 4.69) is 21.2 Å². The summed E-state index contributed by atoms with van der Waals surface area (Å²) in [6.07, 6.45) is 1.27. The fraction of sp³-hybridized carbons (Fsp3) is 0.286. The number of likely N-dealkylation sites (N-methyl/N-ethyl adjacent to an activating group) is 1. The highest BCUT2D eigenvalue weighted by Crippen LogP contribution is 2.32. The number of amides is 2. The Hall–Kier alpha value is -3.57. The summed E-state index contributed by atoms with van der Waals surface area (Å²) in [6.45, 7) is -0.433. The minimum absolute atomic E-state index is 0.0900. The quantitative estimate of drug-likeness (QED) is 0.333. The van der Waals surface area contributed by atoms with Gasteiger partial charge in [-0.2, -0.15) is 0 Å². The smallest absolute Gasteiger partial charge is 0.244 e. The average molecular weight is 619 g/mol. The van der Waals surface area contributed by atoms with Crippen molar-refractivity contribution >= 4 is 43.5 Å². The van der Waals surface area contributed by atoms with Crippen molar-refractivity contribution in [1.29, 1.82) is 0 Å². The van der Waals surface area contributed by atoms with Gasteiger partial charge in [-0.05, 0) is 35.4 Å². The summed E-state index contributed by atoms with van der Waals surface area (Å²) in [5, 5.41) is 2.66. The molecule has 11 heteroatoms. The maximum atomic E-state index is 14.0. The van der Waals surface area contributed by atoms with Crippen LogP contribution in [0, 0.1) is 0 Å². The molecule has 0 bridgehead atoms. The lowest BCUT2D eigenvalue weighted by molar-refractivity contribution is -0.139. The predicted molar refractivity (Wildman–Crippen MR) is 154 cm³/mol. The van der Waals surface area contributed by atoms with Crippen LogP contribution in [0.3, 0.4) is 0 Å². The molecule has 1 N–H and O–H groups in total. The first kappa shape index (κ1) is 30.0. The van der Waals surface area contributed by atoms with E-state index in [9.17, 15) is 18.0 Å². The highest BCUT2D eigenvalue weighted by molar-refractivity contribution is 9.10. The van der Waals surface area contributed by atoms with E-state index in [4.69, 9.17) is 9.47 Å².